The number of aryl methyl sites for hydroxylation is 1. The first-order valence-corrected chi connectivity index (χ1v) is 8.23. The van der Waals surface area contributed by atoms with Crippen molar-refractivity contribution >= 4 is 17.9 Å². The van der Waals surface area contributed by atoms with Crippen LogP contribution in [-0.4, -0.2) is 52.9 Å². The molecular formula is C17H22N6O2. The van der Waals surface area contributed by atoms with Gasteiger partial charge in [-0.05, 0) is 6.92 Å². The van der Waals surface area contributed by atoms with Crippen LogP contribution in [0.1, 0.15) is 5.56 Å². The van der Waals surface area contributed by atoms with E-state index in [9.17, 15) is 9.59 Å². The predicted octanol–water partition coefficient (Wildman–Crippen LogP) is 1.54. The molecule has 0 bridgehead atoms. The molecule has 8 nitrogen and oxygen atoms in total. The van der Waals surface area contributed by atoms with Gasteiger partial charge in [-0.1, -0.05) is 30.3 Å². The van der Waals surface area contributed by atoms with Gasteiger partial charge >= 0.3 is 12.1 Å². The molecule has 0 radical (unpaired) electrons. The molecule has 1 fully saturated rings. The molecular weight excluding hydrogens is 320 g/mol. The SMILES string of the molecule is Cc1c(-c2ccccc2)nn(C)c1NC(=O)NCCN1CCNC1=O. The first-order chi connectivity index (χ1) is 12.1. The first-order valence-electron chi connectivity index (χ1n) is 8.23. The van der Waals surface area contributed by atoms with Gasteiger partial charge < -0.3 is 15.5 Å². The Bertz CT molecular complexity index is 771. The second kappa shape index (κ2) is 7.25. The largest absolute Gasteiger partial charge is 0.336 e. The molecule has 1 aliphatic rings. The third-order valence-electron chi connectivity index (χ3n) is 4.18. The number of hydrogen-bond acceptors (Lipinski definition) is 3. The number of urea groups is 2. The molecule has 0 aliphatic carbocycles. The maximum Gasteiger partial charge on any atom is 0.320 e. The van der Waals surface area contributed by atoms with E-state index in [0.29, 0.717) is 32.0 Å². The number of nitrogens with zero attached hydrogens (tertiary/aromatic N) is 3. The molecule has 2 heterocycles. The van der Waals surface area contributed by atoms with Gasteiger partial charge in [0.15, 0.2) is 0 Å². The topological polar surface area (TPSA) is 91.3 Å². The summed E-state index contributed by atoms with van der Waals surface area (Å²) in [7, 11) is 1.80. The van der Waals surface area contributed by atoms with Crippen molar-refractivity contribution in [3.63, 3.8) is 0 Å². The van der Waals surface area contributed by atoms with Crippen molar-refractivity contribution in [3.05, 3.63) is 35.9 Å². The lowest BCUT2D eigenvalue weighted by atomic mass is 10.1. The van der Waals surface area contributed by atoms with E-state index in [2.05, 4.69) is 21.0 Å². The van der Waals surface area contributed by atoms with E-state index in [0.717, 1.165) is 16.8 Å². The van der Waals surface area contributed by atoms with Crippen LogP contribution in [0.5, 0.6) is 0 Å². The molecule has 0 saturated carbocycles. The molecule has 1 aromatic carbocycles. The van der Waals surface area contributed by atoms with Gasteiger partial charge in [-0.2, -0.15) is 5.10 Å². The Morgan fingerprint density at radius 2 is 2.08 bits per heavy atom. The smallest absolute Gasteiger partial charge is 0.320 e. The lowest BCUT2D eigenvalue weighted by Gasteiger charge is -2.14. The number of nitrogens with one attached hydrogen (secondary N) is 3. The Balaban J connectivity index is 1.60. The average molecular weight is 342 g/mol. The van der Waals surface area contributed by atoms with E-state index in [1.807, 2.05) is 37.3 Å². The quantitative estimate of drug-likeness (QED) is 0.770. The van der Waals surface area contributed by atoms with E-state index in [1.165, 1.54) is 0 Å². The average Bonchev–Trinajstić information content (AvgIpc) is 3.14. The fraction of sp³-hybridized carbons (Fsp3) is 0.353. The molecule has 132 valence electrons. The summed E-state index contributed by atoms with van der Waals surface area (Å²) >= 11 is 0. The van der Waals surface area contributed by atoms with Crippen molar-refractivity contribution in [1.29, 1.82) is 0 Å². The molecule has 1 aromatic heterocycles. The number of hydrogen-bond donors (Lipinski definition) is 3. The van der Waals surface area contributed by atoms with Crippen LogP contribution >= 0.6 is 0 Å². The van der Waals surface area contributed by atoms with Crippen LogP contribution in [0.4, 0.5) is 15.4 Å². The fourth-order valence-electron chi connectivity index (χ4n) is 2.86. The summed E-state index contributed by atoms with van der Waals surface area (Å²) in [6, 6.07) is 9.44. The van der Waals surface area contributed by atoms with Crippen molar-refractivity contribution in [2.75, 3.05) is 31.5 Å². The Hall–Kier alpha value is -3.03. The Kier molecular flexibility index (Phi) is 4.87. The number of aromatic nitrogens is 2. The van der Waals surface area contributed by atoms with E-state index in [-0.39, 0.29) is 12.1 Å². The van der Waals surface area contributed by atoms with Crippen LogP contribution in [0.3, 0.4) is 0 Å². The van der Waals surface area contributed by atoms with Gasteiger partial charge in [0.05, 0.1) is 5.69 Å². The number of benzene rings is 1. The summed E-state index contributed by atoms with van der Waals surface area (Å²) in [6.07, 6.45) is 0. The number of carbonyl (C=O) groups is 2. The molecule has 4 amide bonds. The first kappa shape index (κ1) is 16.8. The van der Waals surface area contributed by atoms with Gasteiger partial charge in [-0.15, -0.1) is 0 Å². The van der Waals surface area contributed by atoms with Crippen molar-refractivity contribution in [3.8, 4) is 11.3 Å². The minimum absolute atomic E-state index is 0.0859. The second-order valence-electron chi connectivity index (χ2n) is 5.91. The molecule has 3 rings (SSSR count). The summed E-state index contributed by atoms with van der Waals surface area (Å²) < 4.78 is 1.66. The lowest BCUT2D eigenvalue weighted by Crippen LogP contribution is -2.38. The second-order valence-corrected chi connectivity index (χ2v) is 5.91. The third-order valence-corrected chi connectivity index (χ3v) is 4.18. The Morgan fingerprint density at radius 1 is 1.32 bits per heavy atom. The van der Waals surface area contributed by atoms with Crippen molar-refractivity contribution in [2.45, 2.75) is 6.92 Å². The molecule has 2 aromatic rings. The number of anilines is 1. The standard InChI is InChI=1S/C17H22N6O2/c1-12-14(13-6-4-3-5-7-13)21-22(2)15(12)20-16(24)18-8-10-23-11-9-19-17(23)25/h3-7H,8-11H2,1-2H3,(H,19,25)(H2,18,20,24). The van der Waals surface area contributed by atoms with Crippen molar-refractivity contribution in [2.24, 2.45) is 7.05 Å². The summed E-state index contributed by atoms with van der Waals surface area (Å²) in [5.41, 5.74) is 2.75. The van der Waals surface area contributed by atoms with E-state index in [4.69, 9.17) is 0 Å². The summed E-state index contributed by atoms with van der Waals surface area (Å²) in [5, 5.41) is 12.8. The summed E-state index contributed by atoms with van der Waals surface area (Å²) in [5.74, 6) is 0.648. The Labute approximate surface area is 146 Å². The van der Waals surface area contributed by atoms with Gasteiger partial charge in [-0.25, -0.2) is 9.59 Å². The normalized spacial score (nSPS) is 13.7. The predicted molar refractivity (Wildman–Crippen MR) is 95.4 cm³/mol. The fourth-order valence-corrected chi connectivity index (χ4v) is 2.86. The van der Waals surface area contributed by atoms with Gasteiger partial charge in [-0.3, -0.25) is 10.00 Å². The Morgan fingerprint density at radius 3 is 2.76 bits per heavy atom. The van der Waals surface area contributed by atoms with Crippen LogP contribution < -0.4 is 16.0 Å². The maximum absolute atomic E-state index is 12.1. The van der Waals surface area contributed by atoms with Crippen molar-refractivity contribution < 1.29 is 9.59 Å². The number of amides is 4. The minimum atomic E-state index is -0.315. The zero-order valence-electron chi connectivity index (χ0n) is 14.4. The monoisotopic (exact) mass is 342 g/mol. The van der Waals surface area contributed by atoms with Crippen LogP contribution in [0.15, 0.2) is 30.3 Å². The molecule has 0 unspecified atom stereocenters. The zero-order valence-corrected chi connectivity index (χ0v) is 14.4. The molecule has 3 N–H and O–H groups in total. The maximum atomic E-state index is 12.1. The highest BCUT2D eigenvalue weighted by atomic mass is 16.2. The molecule has 0 spiro atoms. The van der Waals surface area contributed by atoms with Gasteiger partial charge in [0.2, 0.25) is 0 Å². The molecule has 8 heteroatoms. The van der Waals surface area contributed by atoms with Crippen LogP contribution in [-0.2, 0) is 7.05 Å². The van der Waals surface area contributed by atoms with Gasteiger partial charge in [0.1, 0.15) is 5.82 Å². The van der Waals surface area contributed by atoms with Crippen LogP contribution in [0.25, 0.3) is 11.3 Å². The zero-order chi connectivity index (χ0) is 17.8. The van der Waals surface area contributed by atoms with E-state index in [1.54, 1.807) is 16.6 Å². The van der Waals surface area contributed by atoms with Gasteiger partial charge in [0.25, 0.3) is 0 Å². The van der Waals surface area contributed by atoms with E-state index < -0.39 is 0 Å². The summed E-state index contributed by atoms with van der Waals surface area (Å²) in [4.78, 5) is 25.2. The van der Waals surface area contributed by atoms with E-state index >= 15 is 0 Å². The van der Waals surface area contributed by atoms with Crippen LogP contribution in [0.2, 0.25) is 0 Å². The highest BCUT2D eigenvalue weighted by Crippen LogP contribution is 2.27. The molecule has 0 atom stereocenters. The highest BCUT2D eigenvalue weighted by Gasteiger charge is 2.19. The summed E-state index contributed by atoms with van der Waals surface area (Å²) in [6.45, 7) is 4.13. The molecule has 1 aliphatic heterocycles. The van der Waals surface area contributed by atoms with Crippen molar-refractivity contribution in [1.82, 2.24) is 25.3 Å². The lowest BCUT2D eigenvalue weighted by molar-refractivity contribution is 0.216. The number of rotatable bonds is 5. The van der Waals surface area contributed by atoms with Gasteiger partial charge in [0, 0.05) is 44.4 Å². The molecule has 25 heavy (non-hydrogen) atoms. The highest BCUT2D eigenvalue weighted by molar-refractivity contribution is 5.90. The number of carbonyl (C=O) groups excluding carboxylic acids is 2. The third kappa shape index (κ3) is 3.73. The molecule has 1 saturated heterocycles. The van der Waals surface area contributed by atoms with Crippen LogP contribution in [0, 0.1) is 6.92 Å². The minimum Gasteiger partial charge on any atom is -0.336 e.